The second-order valence-corrected chi connectivity index (χ2v) is 7.72. The average Bonchev–Trinajstić information content (AvgIpc) is 3.36. The maximum Gasteiger partial charge on any atom is 0.256 e. The first-order valence-electron chi connectivity index (χ1n) is 9.39. The molecule has 0 bridgehead atoms. The third-order valence-electron chi connectivity index (χ3n) is 5.81. The first-order valence-corrected chi connectivity index (χ1v) is 9.39. The Kier molecular flexibility index (Phi) is 4.46. The van der Waals surface area contributed by atoms with Crippen LogP contribution in [0.5, 0.6) is 0 Å². The number of likely N-dealkylation sites (tertiary alicyclic amines) is 1. The van der Waals surface area contributed by atoms with Crippen LogP contribution >= 0.6 is 0 Å². The highest BCUT2D eigenvalue weighted by Gasteiger charge is 2.29. The molecule has 0 radical (unpaired) electrons. The van der Waals surface area contributed by atoms with E-state index in [1.54, 1.807) is 10.9 Å². The number of hydrogen-bond acceptors (Lipinski definition) is 4. The molecule has 4 rings (SSSR count). The molecule has 6 heteroatoms. The molecule has 2 fully saturated rings. The van der Waals surface area contributed by atoms with Crippen molar-refractivity contribution >= 4 is 0 Å². The first-order chi connectivity index (χ1) is 12.1. The lowest BCUT2D eigenvalue weighted by Gasteiger charge is -2.32. The summed E-state index contributed by atoms with van der Waals surface area (Å²) < 4.78 is 1.80. The smallest absolute Gasteiger partial charge is 0.256 e. The summed E-state index contributed by atoms with van der Waals surface area (Å²) in [7, 11) is 0. The number of aromatic amines is 1. The van der Waals surface area contributed by atoms with Crippen LogP contribution in [0.1, 0.15) is 54.1 Å². The number of piperidine rings is 1. The minimum Gasteiger partial charge on any atom is -0.299 e. The molecule has 0 unspecified atom stereocenters. The summed E-state index contributed by atoms with van der Waals surface area (Å²) >= 11 is 0. The first kappa shape index (κ1) is 16.5. The lowest BCUT2D eigenvalue weighted by molar-refractivity contribution is 0.166. The van der Waals surface area contributed by atoms with Crippen molar-refractivity contribution < 1.29 is 0 Å². The third kappa shape index (κ3) is 3.54. The maximum atomic E-state index is 12.3. The van der Waals surface area contributed by atoms with Crippen molar-refractivity contribution in [3.8, 4) is 0 Å². The standard InChI is InChI=1S/C19H27N5O/c1-13-14(2)20-12-24(19(13)25)10-15-5-7-23(8-6-15)11-17-9-21-22-18(17)16-3-4-16/h9,12,15-16H,3-8,10-11H2,1-2H3,(H,21,22). The van der Waals surface area contributed by atoms with Gasteiger partial charge in [-0.2, -0.15) is 5.10 Å². The van der Waals surface area contributed by atoms with E-state index in [4.69, 9.17) is 0 Å². The molecule has 134 valence electrons. The summed E-state index contributed by atoms with van der Waals surface area (Å²) in [5.41, 5.74) is 4.45. The Hall–Kier alpha value is -1.95. The highest BCUT2D eigenvalue weighted by Crippen LogP contribution is 2.40. The maximum absolute atomic E-state index is 12.3. The van der Waals surface area contributed by atoms with Gasteiger partial charge < -0.3 is 0 Å². The van der Waals surface area contributed by atoms with Crippen molar-refractivity contribution in [2.24, 2.45) is 5.92 Å². The SMILES string of the molecule is Cc1ncn(CC2CCN(Cc3cn[nH]c3C3CC3)CC2)c(=O)c1C. The molecule has 0 spiro atoms. The van der Waals surface area contributed by atoms with Gasteiger partial charge in [-0.3, -0.25) is 19.4 Å². The zero-order valence-corrected chi connectivity index (χ0v) is 15.2. The molecule has 0 amide bonds. The van der Waals surface area contributed by atoms with E-state index in [0.717, 1.165) is 56.2 Å². The Balaban J connectivity index is 1.33. The van der Waals surface area contributed by atoms with E-state index >= 15 is 0 Å². The summed E-state index contributed by atoms with van der Waals surface area (Å²) in [4.78, 5) is 19.2. The average molecular weight is 341 g/mol. The van der Waals surface area contributed by atoms with E-state index < -0.39 is 0 Å². The number of aryl methyl sites for hydroxylation is 1. The number of nitrogens with zero attached hydrogens (tertiary/aromatic N) is 4. The Bertz CT molecular complexity index is 796. The van der Waals surface area contributed by atoms with Crippen LogP contribution in [0.15, 0.2) is 17.3 Å². The minimum absolute atomic E-state index is 0.113. The van der Waals surface area contributed by atoms with Crippen molar-refractivity contribution in [2.75, 3.05) is 13.1 Å². The van der Waals surface area contributed by atoms with Crippen molar-refractivity contribution in [3.05, 3.63) is 45.4 Å². The molecule has 3 heterocycles. The topological polar surface area (TPSA) is 66.8 Å². The van der Waals surface area contributed by atoms with Gasteiger partial charge in [0.25, 0.3) is 5.56 Å². The van der Waals surface area contributed by atoms with Crippen LogP contribution in [0.25, 0.3) is 0 Å². The molecule has 1 saturated carbocycles. The monoisotopic (exact) mass is 341 g/mol. The van der Waals surface area contributed by atoms with E-state index in [1.165, 1.54) is 24.1 Å². The van der Waals surface area contributed by atoms with Crippen LogP contribution in [-0.4, -0.2) is 37.7 Å². The Morgan fingerprint density at radius 1 is 1.20 bits per heavy atom. The molecule has 1 aliphatic carbocycles. The molecule has 2 aliphatic rings. The van der Waals surface area contributed by atoms with Gasteiger partial charge in [0.05, 0.1) is 12.5 Å². The highest BCUT2D eigenvalue weighted by atomic mass is 16.1. The quantitative estimate of drug-likeness (QED) is 0.907. The number of nitrogens with one attached hydrogen (secondary N) is 1. The van der Waals surface area contributed by atoms with E-state index in [-0.39, 0.29) is 5.56 Å². The number of aromatic nitrogens is 4. The normalized spacial score (nSPS) is 19.4. The second-order valence-electron chi connectivity index (χ2n) is 7.72. The number of rotatable bonds is 5. The lowest BCUT2D eigenvalue weighted by atomic mass is 9.96. The molecule has 2 aromatic heterocycles. The van der Waals surface area contributed by atoms with Gasteiger partial charge in [-0.05, 0) is 58.5 Å². The summed E-state index contributed by atoms with van der Waals surface area (Å²) in [5.74, 6) is 1.28. The fourth-order valence-electron chi connectivity index (χ4n) is 3.82. The van der Waals surface area contributed by atoms with Gasteiger partial charge in [-0.25, -0.2) is 4.98 Å². The predicted octanol–water partition coefficient (Wildman–Crippen LogP) is 2.37. The van der Waals surface area contributed by atoms with Gasteiger partial charge in [0, 0.05) is 41.5 Å². The molecule has 0 atom stereocenters. The predicted molar refractivity (Wildman–Crippen MR) is 96.5 cm³/mol. The van der Waals surface area contributed by atoms with Crippen LogP contribution < -0.4 is 5.56 Å². The van der Waals surface area contributed by atoms with Crippen molar-refractivity contribution in [1.29, 1.82) is 0 Å². The van der Waals surface area contributed by atoms with Crippen LogP contribution in [0, 0.1) is 19.8 Å². The van der Waals surface area contributed by atoms with Crippen LogP contribution in [-0.2, 0) is 13.1 Å². The zero-order valence-electron chi connectivity index (χ0n) is 15.2. The van der Waals surface area contributed by atoms with Gasteiger partial charge in [-0.1, -0.05) is 0 Å². The van der Waals surface area contributed by atoms with Crippen molar-refractivity contribution in [1.82, 2.24) is 24.6 Å². The summed E-state index contributed by atoms with van der Waals surface area (Å²) in [6.07, 6.45) is 8.59. The Morgan fingerprint density at radius 2 is 1.96 bits per heavy atom. The van der Waals surface area contributed by atoms with Gasteiger partial charge in [-0.15, -0.1) is 0 Å². The fraction of sp³-hybridized carbons (Fsp3) is 0.632. The van der Waals surface area contributed by atoms with Crippen molar-refractivity contribution in [2.45, 2.75) is 58.5 Å². The molecule has 6 nitrogen and oxygen atoms in total. The number of hydrogen-bond donors (Lipinski definition) is 1. The second kappa shape index (κ2) is 6.75. The van der Waals surface area contributed by atoms with Crippen LogP contribution in [0.2, 0.25) is 0 Å². The summed E-state index contributed by atoms with van der Waals surface area (Å²) in [5, 5.41) is 7.44. The summed E-state index contributed by atoms with van der Waals surface area (Å²) in [6.45, 7) is 7.73. The van der Waals surface area contributed by atoms with E-state index in [9.17, 15) is 4.79 Å². The van der Waals surface area contributed by atoms with E-state index in [0.29, 0.717) is 5.92 Å². The van der Waals surface area contributed by atoms with E-state index in [1.807, 2.05) is 20.0 Å². The van der Waals surface area contributed by atoms with Crippen molar-refractivity contribution in [3.63, 3.8) is 0 Å². The highest BCUT2D eigenvalue weighted by molar-refractivity contribution is 5.24. The van der Waals surface area contributed by atoms with E-state index in [2.05, 4.69) is 20.1 Å². The molecule has 1 saturated heterocycles. The third-order valence-corrected chi connectivity index (χ3v) is 5.81. The molecular weight excluding hydrogens is 314 g/mol. The molecule has 25 heavy (non-hydrogen) atoms. The van der Waals surface area contributed by atoms with Gasteiger partial charge in [0.1, 0.15) is 0 Å². The molecular formula is C19H27N5O. The lowest BCUT2D eigenvalue weighted by Crippen LogP contribution is -2.36. The minimum atomic E-state index is 0.113. The van der Waals surface area contributed by atoms with Gasteiger partial charge in [0.15, 0.2) is 0 Å². The van der Waals surface area contributed by atoms with Gasteiger partial charge in [0.2, 0.25) is 0 Å². The number of H-pyrrole nitrogens is 1. The summed E-state index contributed by atoms with van der Waals surface area (Å²) in [6, 6.07) is 0. The molecule has 1 N–H and O–H groups in total. The molecule has 0 aromatic carbocycles. The van der Waals surface area contributed by atoms with Crippen LogP contribution in [0.4, 0.5) is 0 Å². The Labute approximate surface area is 148 Å². The van der Waals surface area contributed by atoms with Gasteiger partial charge >= 0.3 is 0 Å². The zero-order chi connectivity index (χ0) is 17.4. The largest absolute Gasteiger partial charge is 0.299 e. The molecule has 2 aromatic rings. The molecule has 1 aliphatic heterocycles. The Morgan fingerprint density at radius 3 is 2.68 bits per heavy atom. The fourth-order valence-corrected chi connectivity index (χ4v) is 3.82. The van der Waals surface area contributed by atoms with Crippen LogP contribution in [0.3, 0.4) is 0 Å².